The van der Waals surface area contributed by atoms with Crippen LogP contribution in [0.25, 0.3) is 0 Å². The summed E-state index contributed by atoms with van der Waals surface area (Å²) < 4.78 is 0. The molecule has 19 heavy (non-hydrogen) atoms. The summed E-state index contributed by atoms with van der Waals surface area (Å²) in [5.41, 5.74) is -1.11. The summed E-state index contributed by atoms with van der Waals surface area (Å²) in [7, 11) is 0. The minimum atomic E-state index is -1.11. The largest absolute Gasteiger partial charge is 0.481 e. The molecule has 0 bridgehead atoms. The molecule has 0 unspecified atom stereocenters. The number of hydrogen-bond donors (Lipinski definition) is 3. The molecule has 0 heterocycles. The normalized spacial score (nSPS) is 17.7. The molecular weight excluding hydrogens is 250 g/mol. The Labute approximate surface area is 112 Å². The smallest absolute Gasteiger partial charge is 0.329 e. The van der Waals surface area contributed by atoms with Gasteiger partial charge < -0.3 is 15.5 Å². The van der Waals surface area contributed by atoms with Gasteiger partial charge in [0.15, 0.2) is 0 Å². The van der Waals surface area contributed by atoms with Gasteiger partial charge in [-0.2, -0.15) is 0 Å². The van der Waals surface area contributed by atoms with E-state index in [-0.39, 0.29) is 18.7 Å². The van der Waals surface area contributed by atoms with E-state index in [0.717, 1.165) is 19.3 Å². The lowest BCUT2D eigenvalue weighted by Crippen LogP contribution is -2.55. The Morgan fingerprint density at radius 2 is 1.53 bits per heavy atom. The van der Waals surface area contributed by atoms with Gasteiger partial charge in [-0.3, -0.25) is 9.59 Å². The van der Waals surface area contributed by atoms with E-state index in [1.807, 2.05) is 0 Å². The zero-order valence-corrected chi connectivity index (χ0v) is 11.0. The van der Waals surface area contributed by atoms with Crippen LogP contribution in [0.4, 0.5) is 0 Å². The maximum atomic E-state index is 11.7. The molecule has 0 aromatic heterocycles. The predicted octanol–water partition coefficient (Wildman–Crippen LogP) is 1.54. The molecule has 1 aliphatic carbocycles. The van der Waals surface area contributed by atoms with Crippen molar-refractivity contribution in [2.24, 2.45) is 0 Å². The molecule has 0 aromatic carbocycles. The Balaban J connectivity index is 2.39. The summed E-state index contributed by atoms with van der Waals surface area (Å²) >= 11 is 0. The van der Waals surface area contributed by atoms with Crippen LogP contribution in [0.2, 0.25) is 0 Å². The summed E-state index contributed by atoms with van der Waals surface area (Å²) in [5, 5.41) is 20.4. The Bertz CT molecular complexity index is 347. The van der Waals surface area contributed by atoms with Crippen molar-refractivity contribution in [1.82, 2.24) is 5.32 Å². The number of hydrogen-bond acceptors (Lipinski definition) is 3. The van der Waals surface area contributed by atoms with Crippen LogP contribution in [0.3, 0.4) is 0 Å². The van der Waals surface area contributed by atoms with E-state index in [0.29, 0.717) is 25.7 Å². The van der Waals surface area contributed by atoms with Gasteiger partial charge in [0, 0.05) is 12.8 Å². The first kappa shape index (κ1) is 15.5. The molecule has 6 heteroatoms. The van der Waals surface area contributed by atoms with Crippen molar-refractivity contribution in [3.05, 3.63) is 0 Å². The molecule has 0 radical (unpaired) electrons. The van der Waals surface area contributed by atoms with Crippen LogP contribution in [-0.2, 0) is 14.4 Å². The van der Waals surface area contributed by atoms with Gasteiger partial charge in [-0.25, -0.2) is 4.79 Å². The third-order valence-electron chi connectivity index (χ3n) is 3.54. The van der Waals surface area contributed by atoms with E-state index < -0.39 is 17.5 Å². The van der Waals surface area contributed by atoms with Crippen molar-refractivity contribution in [2.75, 3.05) is 0 Å². The van der Waals surface area contributed by atoms with E-state index >= 15 is 0 Å². The summed E-state index contributed by atoms with van der Waals surface area (Å²) in [6.45, 7) is 0. The predicted molar refractivity (Wildman–Crippen MR) is 67.7 cm³/mol. The van der Waals surface area contributed by atoms with Crippen LogP contribution in [0.15, 0.2) is 0 Å². The highest BCUT2D eigenvalue weighted by Gasteiger charge is 2.40. The highest BCUT2D eigenvalue weighted by molar-refractivity contribution is 5.87. The van der Waals surface area contributed by atoms with Gasteiger partial charge in [-0.1, -0.05) is 19.3 Å². The van der Waals surface area contributed by atoms with Crippen LogP contribution >= 0.6 is 0 Å². The van der Waals surface area contributed by atoms with E-state index in [1.165, 1.54) is 0 Å². The molecule has 0 atom stereocenters. The Hall–Kier alpha value is -1.59. The highest BCUT2D eigenvalue weighted by atomic mass is 16.4. The molecule has 1 fully saturated rings. The van der Waals surface area contributed by atoms with Crippen LogP contribution in [-0.4, -0.2) is 33.6 Å². The molecular formula is C13H21NO5. The maximum Gasteiger partial charge on any atom is 0.329 e. The fraction of sp³-hybridized carbons (Fsp3) is 0.769. The summed E-state index contributed by atoms with van der Waals surface area (Å²) in [4.78, 5) is 33.4. The summed E-state index contributed by atoms with van der Waals surface area (Å²) in [6, 6.07) is 0. The minimum absolute atomic E-state index is 0.0390. The Morgan fingerprint density at radius 3 is 2.05 bits per heavy atom. The lowest BCUT2D eigenvalue weighted by molar-refractivity contribution is -0.149. The first-order chi connectivity index (χ1) is 8.96. The van der Waals surface area contributed by atoms with E-state index in [1.54, 1.807) is 0 Å². The number of carbonyl (C=O) groups is 3. The highest BCUT2D eigenvalue weighted by Crippen LogP contribution is 2.28. The van der Waals surface area contributed by atoms with Gasteiger partial charge in [0.1, 0.15) is 5.54 Å². The van der Waals surface area contributed by atoms with E-state index in [4.69, 9.17) is 5.11 Å². The number of carbonyl (C=O) groups excluding carboxylic acids is 1. The molecule has 1 saturated carbocycles. The van der Waals surface area contributed by atoms with Crippen molar-refractivity contribution in [2.45, 2.75) is 63.3 Å². The SMILES string of the molecule is O=C(O)CCCCC(=O)NC1(C(=O)O)CCCCC1. The maximum absolute atomic E-state index is 11.7. The van der Waals surface area contributed by atoms with Gasteiger partial charge in [0.25, 0.3) is 0 Å². The Morgan fingerprint density at radius 1 is 0.947 bits per heavy atom. The fourth-order valence-corrected chi connectivity index (χ4v) is 2.44. The van der Waals surface area contributed by atoms with Crippen molar-refractivity contribution in [1.29, 1.82) is 0 Å². The number of rotatable bonds is 7. The second-order valence-electron chi connectivity index (χ2n) is 5.10. The second kappa shape index (κ2) is 7.11. The van der Waals surface area contributed by atoms with Crippen molar-refractivity contribution in [3.63, 3.8) is 0 Å². The first-order valence-electron chi connectivity index (χ1n) is 6.72. The monoisotopic (exact) mass is 271 g/mol. The number of carboxylic acid groups (broad SMARTS) is 2. The third kappa shape index (κ3) is 4.89. The summed E-state index contributed by atoms with van der Waals surface area (Å²) in [6.07, 6.45) is 4.70. The molecule has 108 valence electrons. The molecule has 3 N–H and O–H groups in total. The van der Waals surface area contributed by atoms with E-state index in [2.05, 4.69) is 5.32 Å². The molecule has 0 aliphatic heterocycles. The van der Waals surface area contributed by atoms with Gasteiger partial charge in [0.05, 0.1) is 0 Å². The molecule has 1 rings (SSSR count). The molecule has 6 nitrogen and oxygen atoms in total. The molecule has 1 amide bonds. The second-order valence-corrected chi connectivity index (χ2v) is 5.10. The number of unbranched alkanes of at least 4 members (excludes halogenated alkanes) is 1. The quantitative estimate of drug-likeness (QED) is 0.609. The minimum Gasteiger partial charge on any atom is -0.481 e. The van der Waals surface area contributed by atoms with Crippen LogP contribution in [0.5, 0.6) is 0 Å². The fourth-order valence-electron chi connectivity index (χ4n) is 2.44. The number of carboxylic acids is 2. The topological polar surface area (TPSA) is 104 Å². The average molecular weight is 271 g/mol. The third-order valence-corrected chi connectivity index (χ3v) is 3.54. The molecule has 0 spiro atoms. The van der Waals surface area contributed by atoms with Crippen LogP contribution < -0.4 is 5.32 Å². The number of nitrogens with one attached hydrogen (secondary N) is 1. The summed E-state index contributed by atoms with van der Waals surface area (Å²) in [5.74, 6) is -2.14. The Kier molecular flexibility index (Phi) is 5.79. The average Bonchev–Trinajstić information content (AvgIpc) is 2.35. The number of aliphatic carboxylic acids is 2. The molecule has 0 saturated heterocycles. The van der Waals surface area contributed by atoms with Gasteiger partial charge in [-0.15, -0.1) is 0 Å². The van der Waals surface area contributed by atoms with Gasteiger partial charge in [0.2, 0.25) is 5.91 Å². The van der Waals surface area contributed by atoms with Crippen LogP contribution in [0.1, 0.15) is 57.8 Å². The van der Waals surface area contributed by atoms with Crippen LogP contribution in [0, 0.1) is 0 Å². The van der Waals surface area contributed by atoms with Gasteiger partial charge in [-0.05, 0) is 25.7 Å². The lowest BCUT2D eigenvalue weighted by atomic mass is 9.81. The zero-order chi connectivity index (χ0) is 14.3. The van der Waals surface area contributed by atoms with Gasteiger partial charge >= 0.3 is 11.9 Å². The lowest BCUT2D eigenvalue weighted by Gasteiger charge is -2.34. The molecule has 0 aromatic rings. The standard InChI is InChI=1S/C13H21NO5/c15-10(6-2-3-7-11(16)17)14-13(12(18)19)8-4-1-5-9-13/h1-9H2,(H,14,15)(H,16,17)(H,18,19). The zero-order valence-electron chi connectivity index (χ0n) is 11.0. The van der Waals surface area contributed by atoms with Crippen molar-refractivity contribution in [3.8, 4) is 0 Å². The molecule has 1 aliphatic rings. The number of amides is 1. The first-order valence-corrected chi connectivity index (χ1v) is 6.72. The van der Waals surface area contributed by atoms with Crippen molar-refractivity contribution >= 4 is 17.8 Å². The van der Waals surface area contributed by atoms with Crippen molar-refractivity contribution < 1.29 is 24.6 Å². The van der Waals surface area contributed by atoms with E-state index in [9.17, 15) is 19.5 Å².